The number of hydrogen-bond donors (Lipinski definition) is 1. The predicted octanol–water partition coefficient (Wildman–Crippen LogP) is 3.99. The van der Waals surface area contributed by atoms with Crippen LogP contribution in [0.15, 0.2) is 29.6 Å². The third-order valence-corrected chi connectivity index (χ3v) is 4.18. The van der Waals surface area contributed by atoms with Gasteiger partial charge in [-0.2, -0.15) is 0 Å². The SMILES string of the molecule is CCCNC(c1cccs1)c1cc(OC)c(OC)cc1F. The molecule has 1 aromatic heterocycles. The summed E-state index contributed by atoms with van der Waals surface area (Å²) >= 11 is 1.61. The molecule has 0 radical (unpaired) electrons. The lowest BCUT2D eigenvalue weighted by Gasteiger charge is -2.20. The van der Waals surface area contributed by atoms with Crippen LogP contribution in [0, 0.1) is 5.82 Å². The molecule has 1 atom stereocenters. The molecule has 1 heterocycles. The first-order valence-electron chi connectivity index (χ1n) is 6.89. The molecule has 1 aromatic carbocycles. The van der Waals surface area contributed by atoms with Gasteiger partial charge in [0.25, 0.3) is 0 Å². The van der Waals surface area contributed by atoms with Crippen molar-refractivity contribution in [3.8, 4) is 11.5 Å². The Kier molecular flexibility index (Phi) is 5.59. The van der Waals surface area contributed by atoms with E-state index >= 15 is 0 Å². The highest BCUT2D eigenvalue weighted by atomic mass is 32.1. The predicted molar refractivity (Wildman–Crippen MR) is 84.0 cm³/mol. The summed E-state index contributed by atoms with van der Waals surface area (Å²) < 4.78 is 24.9. The van der Waals surface area contributed by atoms with Gasteiger partial charge in [0, 0.05) is 16.5 Å². The van der Waals surface area contributed by atoms with Crippen molar-refractivity contribution in [3.05, 3.63) is 45.9 Å². The van der Waals surface area contributed by atoms with Crippen LogP contribution in [-0.4, -0.2) is 20.8 Å². The Bertz CT molecular complexity index is 572. The minimum absolute atomic E-state index is 0.176. The van der Waals surface area contributed by atoms with Gasteiger partial charge in [0.2, 0.25) is 0 Å². The molecule has 0 amide bonds. The number of methoxy groups -OCH3 is 2. The van der Waals surface area contributed by atoms with Gasteiger partial charge in [-0.05, 0) is 30.5 Å². The first-order chi connectivity index (χ1) is 10.2. The summed E-state index contributed by atoms with van der Waals surface area (Å²) in [5.74, 6) is 0.641. The average molecular weight is 309 g/mol. The minimum Gasteiger partial charge on any atom is -0.493 e. The third-order valence-electron chi connectivity index (χ3n) is 3.24. The van der Waals surface area contributed by atoms with Gasteiger partial charge in [-0.3, -0.25) is 0 Å². The molecule has 0 aliphatic heterocycles. The van der Waals surface area contributed by atoms with Crippen LogP contribution in [0.1, 0.15) is 29.8 Å². The van der Waals surface area contributed by atoms with Gasteiger partial charge in [0.05, 0.1) is 20.3 Å². The van der Waals surface area contributed by atoms with Crippen LogP contribution in [0.3, 0.4) is 0 Å². The summed E-state index contributed by atoms with van der Waals surface area (Å²) in [6.07, 6.45) is 0.983. The highest BCUT2D eigenvalue weighted by molar-refractivity contribution is 7.10. The zero-order valence-electron chi connectivity index (χ0n) is 12.5. The Morgan fingerprint density at radius 3 is 2.52 bits per heavy atom. The van der Waals surface area contributed by atoms with Crippen LogP contribution in [0.2, 0.25) is 0 Å². The second-order valence-corrected chi connectivity index (χ2v) is 5.61. The Balaban J connectivity index is 2.44. The van der Waals surface area contributed by atoms with Gasteiger partial charge in [-0.25, -0.2) is 4.39 Å². The number of ether oxygens (including phenoxy) is 2. The number of hydrogen-bond acceptors (Lipinski definition) is 4. The number of nitrogens with one attached hydrogen (secondary N) is 1. The van der Waals surface area contributed by atoms with Crippen molar-refractivity contribution in [2.75, 3.05) is 20.8 Å². The lowest BCUT2D eigenvalue weighted by atomic mass is 10.0. The highest BCUT2D eigenvalue weighted by Gasteiger charge is 2.21. The summed E-state index contributed by atoms with van der Waals surface area (Å²) in [6, 6.07) is 6.89. The van der Waals surface area contributed by atoms with Crippen molar-refractivity contribution in [1.82, 2.24) is 5.32 Å². The minimum atomic E-state index is -0.297. The number of rotatable bonds is 7. The van der Waals surface area contributed by atoms with E-state index in [1.165, 1.54) is 13.2 Å². The van der Waals surface area contributed by atoms with Crippen molar-refractivity contribution < 1.29 is 13.9 Å². The van der Waals surface area contributed by atoms with Gasteiger partial charge < -0.3 is 14.8 Å². The summed E-state index contributed by atoms with van der Waals surface area (Å²) in [5.41, 5.74) is 0.573. The van der Waals surface area contributed by atoms with E-state index in [2.05, 4.69) is 12.2 Å². The van der Waals surface area contributed by atoms with Crippen molar-refractivity contribution in [3.63, 3.8) is 0 Å². The second kappa shape index (κ2) is 7.43. The monoisotopic (exact) mass is 309 g/mol. The lowest BCUT2D eigenvalue weighted by Crippen LogP contribution is -2.23. The molecule has 0 saturated heterocycles. The number of halogens is 1. The number of benzene rings is 1. The third kappa shape index (κ3) is 3.54. The molecular weight excluding hydrogens is 289 g/mol. The fraction of sp³-hybridized carbons (Fsp3) is 0.375. The zero-order chi connectivity index (χ0) is 15.2. The largest absolute Gasteiger partial charge is 0.493 e. The molecule has 1 N–H and O–H groups in total. The highest BCUT2D eigenvalue weighted by Crippen LogP contribution is 2.35. The van der Waals surface area contributed by atoms with Crippen LogP contribution < -0.4 is 14.8 Å². The van der Waals surface area contributed by atoms with Gasteiger partial charge >= 0.3 is 0 Å². The smallest absolute Gasteiger partial charge is 0.163 e. The fourth-order valence-corrected chi connectivity index (χ4v) is 3.02. The molecule has 114 valence electrons. The molecule has 0 saturated carbocycles. The molecular formula is C16H20FNO2S. The molecule has 0 aliphatic rings. The standard InChI is InChI=1S/C16H20FNO2S/c1-4-7-18-16(15-6-5-8-21-15)11-9-13(19-2)14(20-3)10-12(11)17/h5-6,8-10,16,18H,4,7H2,1-3H3. The van der Waals surface area contributed by atoms with E-state index in [1.807, 2.05) is 17.5 Å². The van der Waals surface area contributed by atoms with Crippen molar-refractivity contribution >= 4 is 11.3 Å². The summed E-state index contributed by atoms with van der Waals surface area (Å²) in [5, 5.41) is 5.39. The molecule has 0 aliphatic carbocycles. The average Bonchev–Trinajstić information content (AvgIpc) is 3.02. The molecule has 0 spiro atoms. The molecule has 3 nitrogen and oxygen atoms in total. The van der Waals surface area contributed by atoms with Crippen molar-refractivity contribution in [1.29, 1.82) is 0 Å². The first-order valence-corrected chi connectivity index (χ1v) is 7.77. The molecule has 21 heavy (non-hydrogen) atoms. The number of thiophene rings is 1. The molecule has 2 rings (SSSR count). The molecule has 0 bridgehead atoms. The van der Waals surface area contributed by atoms with Crippen LogP contribution in [-0.2, 0) is 0 Å². The molecule has 2 aromatic rings. The Morgan fingerprint density at radius 2 is 1.95 bits per heavy atom. The zero-order valence-corrected chi connectivity index (χ0v) is 13.3. The fourth-order valence-electron chi connectivity index (χ4n) is 2.20. The van der Waals surface area contributed by atoms with Crippen LogP contribution in [0.5, 0.6) is 11.5 Å². The van der Waals surface area contributed by atoms with Crippen LogP contribution >= 0.6 is 11.3 Å². The van der Waals surface area contributed by atoms with Gasteiger partial charge in [0.1, 0.15) is 5.82 Å². The van der Waals surface area contributed by atoms with E-state index in [1.54, 1.807) is 24.5 Å². The van der Waals surface area contributed by atoms with E-state index in [9.17, 15) is 4.39 Å². The first kappa shape index (κ1) is 15.8. The van der Waals surface area contributed by atoms with Gasteiger partial charge in [-0.1, -0.05) is 13.0 Å². The molecule has 1 unspecified atom stereocenters. The topological polar surface area (TPSA) is 30.5 Å². The van der Waals surface area contributed by atoms with Crippen LogP contribution in [0.25, 0.3) is 0 Å². The van der Waals surface area contributed by atoms with Crippen molar-refractivity contribution in [2.45, 2.75) is 19.4 Å². The van der Waals surface area contributed by atoms with E-state index in [0.717, 1.165) is 17.8 Å². The quantitative estimate of drug-likeness (QED) is 0.839. The van der Waals surface area contributed by atoms with Gasteiger partial charge in [-0.15, -0.1) is 11.3 Å². The maximum atomic E-state index is 14.5. The maximum Gasteiger partial charge on any atom is 0.163 e. The lowest BCUT2D eigenvalue weighted by molar-refractivity contribution is 0.350. The van der Waals surface area contributed by atoms with E-state index < -0.39 is 0 Å². The Labute approximate surface area is 128 Å². The Morgan fingerprint density at radius 1 is 1.24 bits per heavy atom. The van der Waals surface area contributed by atoms with E-state index in [0.29, 0.717) is 17.1 Å². The maximum absolute atomic E-state index is 14.5. The van der Waals surface area contributed by atoms with Crippen molar-refractivity contribution in [2.24, 2.45) is 0 Å². The summed E-state index contributed by atoms with van der Waals surface area (Å²) in [7, 11) is 3.06. The Hall–Kier alpha value is -1.59. The van der Waals surface area contributed by atoms with Gasteiger partial charge in [0.15, 0.2) is 11.5 Å². The normalized spacial score (nSPS) is 12.2. The van der Waals surface area contributed by atoms with E-state index in [-0.39, 0.29) is 11.9 Å². The van der Waals surface area contributed by atoms with Crippen LogP contribution in [0.4, 0.5) is 4.39 Å². The molecule has 5 heteroatoms. The van der Waals surface area contributed by atoms with E-state index in [4.69, 9.17) is 9.47 Å². The summed E-state index contributed by atoms with van der Waals surface area (Å²) in [4.78, 5) is 1.08. The second-order valence-electron chi connectivity index (χ2n) is 4.63. The summed E-state index contributed by atoms with van der Waals surface area (Å²) in [6.45, 7) is 2.90. The molecule has 0 fully saturated rings.